The van der Waals surface area contributed by atoms with Crippen LogP contribution in [0.5, 0.6) is 0 Å². The Kier molecular flexibility index (Phi) is 4.34. The molecule has 0 aliphatic carbocycles. The zero-order valence-electron chi connectivity index (χ0n) is 10.9. The number of para-hydroxylation sites is 1. The molecule has 0 fully saturated rings. The Hall–Kier alpha value is -1.66. The Morgan fingerprint density at radius 3 is 3.00 bits per heavy atom. The van der Waals surface area contributed by atoms with E-state index in [4.69, 9.17) is 22.1 Å². The number of anilines is 1. The number of halogens is 1. The van der Waals surface area contributed by atoms with Crippen molar-refractivity contribution in [2.24, 2.45) is 5.92 Å². The first kappa shape index (κ1) is 13.8. The molecular weight excluding hydrogens is 266 g/mol. The van der Waals surface area contributed by atoms with Gasteiger partial charge in [0.25, 0.3) is 0 Å². The number of hydrogen-bond donors (Lipinski definition) is 1. The van der Waals surface area contributed by atoms with Crippen molar-refractivity contribution in [3.8, 4) is 11.4 Å². The number of hydrogen-bond acceptors (Lipinski definition) is 5. The first-order chi connectivity index (χ1) is 9.13. The molecule has 1 atom stereocenters. The molecule has 0 amide bonds. The van der Waals surface area contributed by atoms with Gasteiger partial charge in [0.1, 0.15) is 0 Å². The van der Waals surface area contributed by atoms with Gasteiger partial charge in [-0.15, -0.1) is 5.10 Å². The van der Waals surface area contributed by atoms with Crippen molar-refractivity contribution in [3.63, 3.8) is 0 Å². The summed E-state index contributed by atoms with van der Waals surface area (Å²) < 4.78 is 6.83. The van der Waals surface area contributed by atoms with Gasteiger partial charge in [-0.1, -0.05) is 24.6 Å². The molecule has 1 aromatic heterocycles. The van der Waals surface area contributed by atoms with Gasteiger partial charge in [0.05, 0.1) is 17.3 Å². The fraction of sp³-hybridized carbons (Fsp3) is 0.417. The smallest absolute Gasteiger partial charge is 0.184 e. The van der Waals surface area contributed by atoms with E-state index in [1.165, 1.54) is 0 Å². The maximum absolute atomic E-state index is 6.02. The van der Waals surface area contributed by atoms with Crippen molar-refractivity contribution in [2.75, 3.05) is 19.5 Å². The molecule has 1 heterocycles. The van der Waals surface area contributed by atoms with E-state index >= 15 is 0 Å². The lowest BCUT2D eigenvalue weighted by atomic mass is 10.1. The summed E-state index contributed by atoms with van der Waals surface area (Å²) in [7, 11) is 1.67. The Morgan fingerprint density at radius 2 is 2.26 bits per heavy atom. The van der Waals surface area contributed by atoms with Gasteiger partial charge in [0.2, 0.25) is 0 Å². The summed E-state index contributed by atoms with van der Waals surface area (Å²) in [6.07, 6.45) is 0. The van der Waals surface area contributed by atoms with E-state index < -0.39 is 0 Å². The fourth-order valence-corrected chi connectivity index (χ4v) is 2.06. The van der Waals surface area contributed by atoms with Crippen molar-refractivity contribution >= 4 is 17.3 Å². The van der Waals surface area contributed by atoms with E-state index in [0.29, 0.717) is 35.6 Å². The second-order valence-electron chi connectivity index (χ2n) is 4.45. The minimum atomic E-state index is 0.299. The highest BCUT2D eigenvalue weighted by atomic mass is 35.5. The standard InChI is InChI=1S/C12H16ClN5O/c1-8(7-19-2)6-18-12(15-16-17-18)9-4-3-5-10(13)11(9)14/h3-5,8H,6-7,14H2,1-2H3. The van der Waals surface area contributed by atoms with Gasteiger partial charge in [-0.3, -0.25) is 0 Å². The number of nitrogens with two attached hydrogens (primary N) is 1. The number of tetrazole rings is 1. The molecule has 0 bridgehead atoms. The van der Waals surface area contributed by atoms with E-state index in [9.17, 15) is 0 Å². The van der Waals surface area contributed by atoms with Crippen LogP contribution >= 0.6 is 11.6 Å². The van der Waals surface area contributed by atoms with Crippen LogP contribution < -0.4 is 5.73 Å². The summed E-state index contributed by atoms with van der Waals surface area (Å²) in [6.45, 7) is 3.36. The lowest BCUT2D eigenvalue weighted by Crippen LogP contribution is -2.15. The summed E-state index contributed by atoms with van der Waals surface area (Å²) in [5.74, 6) is 0.913. The van der Waals surface area contributed by atoms with E-state index in [2.05, 4.69) is 22.4 Å². The average Bonchev–Trinajstić information content (AvgIpc) is 2.81. The molecule has 19 heavy (non-hydrogen) atoms. The van der Waals surface area contributed by atoms with Crippen molar-refractivity contribution in [2.45, 2.75) is 13.5 Å². The van der Waals surface area contributed by atoms with Crippen LogP contribution in [0.3, 0.4) is 0 Å². The van der Waals surface area contributed by atoms with Gasteiger partial charge in [-0.05, 0) is 28.5 Å². The molecule has 2 rings (SSSR count). The van der Waals surface area contributed by atoms with Crippen molar-refractivity contribution in [1.29, 1.82) is 0 Å². The van der Waals surface area contributed by atoms with Crippen LogP contribution in [0, 0.1) is 5.92 Å². The summed E-state index contributed by atoms with van der Waals surface area (Å²) in [4.78, 5) is 0. The monoisotopic (exact) mass is 281 g/mol. The predicted molar refractivity (Wildman–Crippen MR) is 73.7 cm³/mol. The highest BCUT2D eigenvalue weighted by molar-refractivity contribution is 6.33. The maximum atomic E-state index is 6.02. The van der Waals surface area contributed by atoms with Gasteiger partial charge in [0.15, 0.2) is 5.82 Å². The molecule has 0 aliphatic rings. The summed E-state index contributed by atoms with van der Waals surface area (Å²) in [5.41, 5.74) is 7.19. The van der Waals surface area contributed by atoms with Crippen LogP contribution in [0.4, 0.5) is 5.69 Å². The van der Waals surface area contributed by atoms with E-state index in [0.717, 1.165) is 5.56 Å². The number of nitrogen functional groups attached to an aromatic ring is 1. The molecular formula is C12H16ClN5O. The van der Waals surface area contributed by atoms with Crippen LogP contribution in [0.2, 0.25) is 5.02 Å². The topological polar surface area (TPSA) is 78.8 Å². The quantitative estimate of drug-likeness (QED) is 0.846. The van der Waals surface area contributed by atoms with Gasteiger partial charge >= 0.3 is 0 Å². The Bertz CT molecular complexity index is 557. The lowest BCUT2D eigenvalue weighted by Gasteiger charge is -2.12. The first-order valence-corrected chi connectivity index (χ1v) is 6.30. The van der Waals surface area contributed by atoms with Crippen LogP contribution in [0.1, 0.15) is 6.92 Å². The molecule has 1 aromatic carbocycles. The molecule has 7 heteroatoms. The number of benzene rings is 1. The molecule has 102 valence electrons. The van der Waals surface area contributed by atoms with Gasteiger partial charge in [-0.2, -0.15) is 0 Å². The highest BCUT2D eigenvalue weighted by Crippen LogP contribution is 2.29. The van der Waals surface area contributed by atoms with E-state index in [1.54, 1.807) is 17.9 Å². The van der Waals surface area contributed by atoms with Gasteiger partial charge in [0, 0.05) is 19.2 Å². The minimum Gasteiger partial charge on any atom is -0.397 e. The molecule has 0 aliphatic heterocycles. The van der Waals surface area contributed by atoms with E-state index in [1.807, 2.05) is 12.1 Å². The molecule has 1 unspecified atom stereocenters. The number of aromatic nitrogens is 4. The zero-order valence-corrected chi connectivity index (χ0v) is 11.6. The molecule has 0 saturated carbocycles. The predicted octanol–water partition coefficient (Wildman–Crippen LogP) is 1.86. The van der Waals surface area contributed by atoms with Gasteiger partial charge < -0.3 is 10.5 Å². The second kappa shape index (κ2) is 5.99. The molecule has 0 spiro atoms. The van der Waals surface area contributed by atoms with Crippen molar-refractivity contribution < 1.29 is 4.74 Å². The largest absolute Gasteiger partial charge is 0.397 e. The van der Waals surface area contributed by atoms with Crippen molar-refractivity contribution in [3.05, 3.63) is 23.2 Å². The Balaban J connectivity index is 2.31. The van der Waals surface area contributed by atoms with Crippen molar-refractivity contribution in [1.82, 2.24) is 20.2 Å². The van der Waals surface area contributed by atoms with Crippen LogP contribution in [0.25, 0.3) is 11.4 Å². The summed E-state index contributed by atoms with van der Waals surface area (Å²) in [5, 5.41) is 12.2. The number of rotatable bonds is 5. The second-order valence-corrected chi connectivity index (χ2v) is 4.85. The third-order valence-corrected chi connectivity index (χ3v) is 3.09. The van der Waals surface area contributed by atoms with Crippen LogP contribution in [-0.4, -0.2) is 33.9 Å². The van der Waals surface area contributed by atoms with E-state index in [-0.39, 0.29) is 0 Å². The molecule has 0 saturated heterocycles. The Morgan fingerprint density at radius 1 is 1.47 bits per heavy atom. The SMILES string of the molecule is COCC(C)Cn1nnnc1-c1cccc(Cl)c1N. The minimum absolute atomic E-state index is 0.299. The highest BCUT2D eigenvalue weighted by Gasteiger charge is 2.15. The number of nitrogens with zero attached hydrogens (tertiary/aromatic N) is 4. The fourth-order valence-electron chi connectivity index (χ4n) is 1.88. The zero-order chi connectivity index (χ0) is 13.8. The lowest BCUT2D eigenvalue weighted by molar-refractivity contribution is 0.149. The number of methoxy groups -OCH3 is 1. The summed E-state index contributed by atoms with van der Waals surface area (Å²) in [6, 6.07) is 5.41. The van der Waals surface area contributed by atoms with Crippen LogP contribution in [-0.2, 0) is 11.3 Å². The normalized spacial score (nSPS) is 12.6. The Labute approximate surface area is 116 Å². The third kappa shape index (κ3) is 3.02. The molecule has 2 aromatic rings. The molecule has 0 radical (unpaired) electrons. The third-order valence-electron chi connectivity index (χ3n) is 2.76. The average molecular weight is 282 g/mol. The molecule has 6 nitrogen and oxygen atoms in total. The first-order valence-electron chi connectivity index (χ1n) is 5.93. The summed E-state index contributed by atoms with van der Waals surface area (Å²) >= 11 is 6.02. The maximum Gasteiger partial charge on any atom is 0.184 e. The molecule has 2 N–H and O–H groups in total. The number of ether oxygens (including phenoxy) is 1. The van der Waals surface area contributed by atoms with Crippen LogP contribution in [0.15, 0.2) is 18.2 Å². The van der Waals surface area contributed by atoms with Gasteiger partial charge in [-0.25, -0.2) is 4.68 Å².